The highest BCUT2D eigenvalue weighted by Crippen LogP contribution is 2.26. The maximum Gasteiger partial charge on any atom is 0.108 e. The Morgan fingerprint density at radius 2 is 2.07 bits per heavy atom. The normalized spacial score (nSPS) is 19.1. The maximum absolute atomic E-state index is 9.08. The molecule has 1 N–H and O–H groups in total. The lowest BCUT2D eigenvalue weighted by molar-refractivity contribution is 0.310. The lowest BCUT2D eigenvalue weighted by atomic mass is 9.84. The van der Waals surface area contributed by atoms with Gasteiger partial charge < -0.3 is 5.21 Å². The fourth-order valence-electron chi connectivity index (χ4n) is 2.23. The number of rotatable bonds is 2. The molecule has 0 atom stereocenters. The predicted molar refractivity (Wildman–Crippen MR) is 59.1 cm³/mol. The van der Waals surface area contributed by atoms with Crippen molar-refractivity contribution in [1.29, 1.82) is 0 Å². The van der Waals surface area contributed by atoms with E-state index in [2.05, 4.69) is 10.1 Å². The molecule has 1 aromatic heterocycles. The van der Waals surface area contributed by atoms with E-state index in [1.165, 1.54) is 19.3 Å². The van der Waals surface area contributed by atoms with Crippen molar-refractivity contribution in [2.24, 2.45) is 11.1 Å². The summed E-state index contributed by atoms with van der Waals surface area (Å²) in [7, 11) is 0. The number of aromatic nitrogens is 1. The average Bonchev–Trinajstić information content (AvgIpc) is 2.33. The van der Waals surface area contributed by atoms with Crippen LogP contribution in [0.5, 0.6) is 0 Å². The molecule has 0 saturated heterocycles. The smallest absolute Gasteiger partial charge is 0.108 e. The van der Waals surface area contributed by atoms with Gasteiger partial charge in [0.2, 0.25) is 0 Å². The summed E-state index contributed by atoms with van der Waals surface area (Å²) in [4.78, 5) is 4.23. The largest absolute Gasteiger partial charge is 0.411 e. The van der Waals surface area contributed by atoms with Crippen LogP contribution in [-0.4, -0.2) is 15.9 Å². The number of nitrogens with zero attached hydrogens (tertiary/aromatic N) is 2. The first-order chi connectivity index (χ1) is 7.42. The molecule has 0 amide bonds. The molecule has 3 heteroatoms. The molecule has 0 aliphatic heterocycles. The van der Waals surface area contributed by atoms with Crippen LogP contribution in [0, 0.1) is 5.92 Å². The molecule has 1 aromatic rings. The van der Waals surface area contributed by atoms with E-state index in [1.807, 2.05) is 18.2 Å². The van der Waals surface area contributed by atoms with Gasteiger partial charge in [-0.2, -0.15) is 0 Å². The van der Waals surface area contributed by atoms with Crippen LogP contribution < -0.4 is 0 Å². The molecule has 1 aliphatic carbocycles. The van der Waals surface area contributed by atoms with Crippen molar-refractivity contribution in [3.05, 3.63) is 30.1 Å². The first-order valence-electron chi connectivity index (χ1n) is 5.55. The lowest BCUT2D eigenvalue weighted by Crippen LogP contribution is -2.19. The van der Waals surface area contributed by atoms with Gasteiger partial charge >= 0.3 is 0 Å². The Balaban J connectivity index is 2.17. The first kappa shape index (κ1) is 10.1. The molecular weight excluding hydrogens is 188 g/mol. The summed E-state index contributed by atoms with van der Waals surface area (Å²) in [6.45, 7) is 0. The van der Waals surface area contributed by atoms with Crippen molar-refractivity contribution >= 4 is 5.71 Å². The van der Waals surface area contributed by atoms with Crippen LogP contribution in [0.1, 0.15) is 37.8 Å². The second kappa shape index (κ2) is 4.91. The predicted octanol–water partition coefficient (Wildman–Crippen LogP) is 2.84. The quantitative estimate of drug-likeness (QED) is 0.457. The summed E-state index contributed by atoms with van der Waals surface area (Å²) in [5.74, 6) is 0.388. The van der Waals surface area contributed by atoms with E-state index in [4.69, 9.17) is 5.21 Å². The van der Waals surface area contributed by atoms with Gasteiger partial charge in [0.15, 0.2) is 0 Å². The van der Waals surface area contributed by atoms with Crippen LogP contribution in [0.2, 0.25) is 0 Å². The fraction of sp³-hybridized carbons (Fsp3) is 0.500. The Kier molecular flexibility index (Phi) is 3.33. The molecule has 0 aromatic carbocycles. The van der Waals surface area contributed by atoms with Crippen LogP contribution in [0.3, 0.4) is 0 Å². The summed E-state index contributed by atoms with van der Waals surface area (Å²) in [5, 5.41) is 12.5. The highest BCUT2D eigenvalue weighted by Gasteiger charge is 2.21. The van der Waals surface area contributed by atoms with Gasteiger partial charge in [-0.3, -0.25) is 4.98 Å². The molecule has 0 unspecified atom stereocenters. The van der Waals surface area contributed by atoms with Crippen molar-refractivity contribution in [3.63, 3.8) is 0 Å². The van der Waals surface area contributed by atoms with E-state index >= 15 is 0 Å². The molecule has 1 fully saturated rings. The van der Waals surface area contributed by atoms with Gasteiger partial charge in [0.05, 0.1) is 5.69 Å². The molecule has 0 radical (unpaired) electrons. The van der Waals surface area contributed by atoms with E-state index < -0.39 is 0 Å². The minimum Gasteiger partial charge on any atom is -0.411 e. The van der Waals surface area contributed by atoms with Crippen molar-refractivity contribution in [1.82, 2.24) is 4.98 Å². The summed E-state index contributed by atoms with van der Waals surface area (Å²) >= 11 is 0. The Morgan fingerprint density at radius 3 is 2.67 bits per heavy atom. The Hall–Kier alpha value is -1.38. The maximum atomic E-state index is 9.08. The Morgan fingerprint density at radius 1 is 1.27 bits per heavy atom. The van der Waals surface area contributed by atoms with Gasteiger partial charge in [0, 0.05) is 12.1 Å². The SMILES string of the molecule is O/N=C(\c1ccccn1)C1CCCCC1. The van der Waals surface area contributed by atoms with Gasteiger partial charge in [0.25, 0.3) is 0 Å². The van der Waals surface area contributed by atoms with Crippen molar-refractivity contribution in [2.45, 2.75) is 32.1 Å². The average molecular weight is 204 g/mol. The molecule has 0 bridgehead atoms. The Labute approximate surface area is 89.8 Å². The molecular formula is C12H16N2O. The molecule has 15 heavy (non-hydrogen) atoms. The zero-order chi connectivity index (χ0) is 10.5. The Bertz CT molecular complexity index is 329. The van der Waals surface area contributed by atoms with E-state index in [1.54, 1.807) is 6.20 Å². The van der Waals surface area contributed by atoms with Crippen LogP contribution in [0.25, 0.3) is 0 Å². The molecule has 1 aliphatic rings. The second-order valence-corrected chi connectivity index (χ2v) is 4.04. The van der Waals surface area contributed by atoms with Crippen LogP contribution in [0.4, 0.5) is 0 Å². The molecule has 0 spiro atoms. The van der Waals surface area contributed by atoms with Crippen molar-refractivity contribution in [2.75, 3.05) is 0 Å². The second-order valence-electron chi connectivity index (χ2n) is 4.04. The number of oxime groups is 1. The van der Waals surface area contributed by atoms with Crippen LogP contribution >= 0.6 is 0 Å². The third-order valence-electron chi connectivity index (χ3n) is 3.03. The van der Waals surface area contributed by atoms with Crippen molar-refractivity contribution in [3.8, 4) is 0 Å². The topological polar surface area (TPSA) is 45.5 Å². The highest BCUT2D eigenvalue weighted by molar-refractivity contribution is 6.00. The van der Waals surface area contributed by atoms with E-state index in [0.717, 1.165) is 24.2 Å². The fourth-order valence-corrected chi connectivity index (χ4v) is 2.23. The highest BCUT2D eigenvalue weighted by atomic mass is 16.4. The van der Waals surface area contributed by atoms with Crippen LogP contribution in [-0.2, 0) is 0 Å². The number of hydrogen-bond acceptors (Lipinski definition) is 3. The van der Waals surface area contributed by atoms with Gasteiger partial charge in [-0.25, -0.2) is 0 Å². The number of hydrogen-bond donors (Lipinski definition) is 1. The van der Waals surface area contributed by atoms with Gasteiger partial charge in [-0.1, -0.05) is 30.5 Å². The number of pyridine rings is 1. The summed E-state index contributed by atoms with van der Waals surface area (Å²) < 4.78 is 0. The standard InChI is InChI=1S/C12H16N2O/c15-14-12(10-6-2-1-3-7-10)11-8-4-5-9-13-11/h4-5,8-10,15H,1-3,6-7H2/b14-12-. The molecule has 80 valence electrons. The third kappa shape index (κ3) is 2.35. The van der Waals surface area contributed by atoms with E-state index in [9.17, 15) is 0 Å². The van der Waals surface area contributed by atoms with Crippen molar-refractivity contribution < 1.29 is 5.21 Å². The summed E-state index contributed by atoms with van der Waals surface area (Å²) in [6.07, 6.45) is 7.75. The lowest BCUT2D eigenvalue weighted by Gasteiger charge is -2.21. The zero-order valence-electron chi connectivity index (χ0n) is 8.76. The summed E-state index contributed by atoms with van der Waals surface area (Å²) in [6, 6.07) is 5.71. The van der Waals surface area contributed by atoms with Crippen LogP contribution in [0.15, 0.2) is 29.6 Å². The minimum absolute atomic E-state index is 0.388. The summed E-state index contributed by atoms with van der Waals surface area (Å²) in [5.41, 5.74) is 1.57. The van der Waals surface area contributed by atoms with Gasteiger partial charge in [0.1, 0.15) is 5.71 Å². The van der Waals surface area contributed by atoms with Gasteiger partial charge in [-0.05, 0) is 25.0 Å². The first-order valence-corrected chi connectivity index (χ1v) is 5.55. The monoisotopic (exact) mass is 204 g/mol. The molecule has 1 heterocycles. The van der Waals surface area contributed by atoms with Gasteiger partial charge in [-0.15, -0.1) is 0 Å². The molecule has 2 rings (SSSR count). The zero-order valence-corrected chi connectivity index (χ0v) is 8.76. The molecule has 1 saturated carbocycles. The third-order valence-corrected chi connectivity index (χ3v) is 3.03. The minimum atomic E-state index is 0.388. The van der Waals surface area contributed by atoms with E-state index in [0.29, 0.717) is 5.92 Å². The molecule has 3 nitrogen and oxygen atoms in total. The van der Waals surface area contributed by atoms with E-state index in [-0.39, 0.29) is 0 Å².